The van der Waals surface area contributed by atoms with Crippen LogP contribution in [0.1, 0.15) is 40.0 Å². The molecule has 0 aromatic carbocycles. The molecule has 5 heteroatoms. The fraction of sp³-hybridized carbons (Fsp3) is 0.917. The number of nitrogens with zero attached hydrogens (tertiary/aromatic N) is 1. The van der Waals surface area contributed by atoms with Crippen LogP contribution in [0.4, 0.5) is 0 Å². The third-order valence-electron chi connectivity index (χ3n) is 3.57. The third kappa shape index (κ3) is 4.28. The molecule has 2 atom stereocenters. The highest BCUT2D eigenvalue weighted by atomic mass is 32.2. The maximum absolute atomic E-state index is 11.2. The summed E-state index contributed by atoms with van der Waals surface area (Å²) in [5.74, 6) is 1.12. The predicted molar refractivity (Wildman–Crippen MR) is 79.4 cm³/mol. The van der Waals surface area contributed by atoms with Gasteiger partial charge in [-0.2, -0.15) is 0 Å². The molecule has 1 heterocycles. The topological polar surface area (TPSA) is 41.5 Å². The number of rotatable bonds is 6. The fourth-order valence-corrected chi connectivity index (χ4v) is 3.54. The van der Waals surface area contributed by atoms with Crippen LogP contribution in [0.25, 0.3) is 0 Å². The van der Waals surface area contributed by atoms with Crippen molar-refractivity contribution in [3.05, 3.63) is 0 Å². The van der Waals surface area contributed by atoms with Crippen molar-refractivity contribution in [1.82, 2.24) is 5.32 Å². The van der Waals surface area contributed by atoms with E-state index in [4.69, 9.17) is 0 Å². The number of amidine groups is 1. The normalized spacial score (nSPS) is 24.6. The molecule has 0 aliphatic carbocycles. The van der Waals surface area contributed by atoms with Gasteiger partial charge in [0.15, 0.2) is 5.17 Å². The van der Waals surface area contributed by atoms with Crippen LogP contribution in [0, 0.1) is 0 Å². The first-order valence-electron chi connectivity index (χ1n) is 6.30. The van der Waals surface area contributed by atoms with Crippen LogP contribution >= 0.6 is 11.8 Å². The molecule has 0 amide bonds. The molecule has 0 spiro atoms. The lowest BCUT2D eigenvalue weighted by Crippen LogP contribution is -2.42. The van der Waals surface area contributed by atoms with Gasteiger partial charge in [0.1, 0.15) is 0 Å². The summed E-state index contributed by atoms with van der Waals surface area (Å²) in [6, 6.07) is 0. The van der Waals surface area contributed by atoms with E-state index in [0.717, 1.165) is 36.7 Å². The van der Waals surface area contributed by atoms with Crippen molar-refractivity contribution in [1.29, 1.82) is 0 Å². The molecule has 1 rings (SSSR count). The summed E-state index contributed by atoms with van der Waals surface area (Å²) in [6.07, 6.45) is 4.95. The van der Waals surface area contributed by atoms with E-state index in [1.807, 2.05) is 18.7 Å². The van der Waals surface area contributed by atoms with E-state index >= 15 is 0 Å². The molecule has 1 saturated heterocycles. The predicted octanol–water partition coefficient (Wildman–Crippen LogP) is 2.39. The van der Waals surface area contributed by atoms with Crippen LogP contribution in [-0.4, -0.2) is 38.7 Å². The highest BCUT2D eigenvalue weighted by Gasteiger charge is 2.33. The molecule has 0 bridgehead atoms. The van der Waals surface area contributed by atoms with Crippen molar-refractivity contribution in [2.75, 3.05) is 18.6 Å². The minimum absolute atomic E-state index is 0.243. The van der Waals surface area contributed by atoms with Gasteiger partial charge in [-0.3, -0.25) is 9.20 Å². The van der Waals surface area contributed by atoms with Gasteiger partial charge < -0.3 is 5.32 Å². The van der Waals surface area contributed by atoms with Gasteiger partial charge in [-0.05, 0) is 19.3 Å². The number of hydrogen-bond donors (Lipinski definition) is 1. The zero-order valence-corrected chi connectivity index (χ0v) is 12.9. The zero-order valence-electron chi connectivity index (χ0n) is 11.3. The van der Waals surface area contributed by atoms with Gasteiger partial charge in [0.2, 0.25) is 0 Å². The maximum atomic E-state index is 11.2. The van der Waals surface area contributed by atoms with Crippen LogP contribution < -0.4 is 5.32 Å². The second kappa shape index (κ2) is 6.78. The summed E-state index contributed by atoms with van der Waals surface area (Å²) < 4.78 is 11.2. The minimum Gasteiger partial charge on any atom is -0.359 e. The van der Waals surface area contributed by atoms with Crippen molar-refractivity contribution in [3.8, 4) is 0 Å². The van der Waals surface area contributed by atoms with Crippen molar-refractivity contribution >= 4 is 27.7 Å². The molecule has 0 radical (unpaired) electrons. The molecule has 0 aromatic heterocycles. The number of hydrogen-bond acceptors (Lipinski definition) is 3. The molecule has 1 N–H and O–H groups in total. The first kappa shape index (κ1) is 15.0. The minimum atomic E-state index is -0.728. The summed E-state index contributed by atoms with van der Waals surface area (Å²) >= 11 is 1.82. The Morgan fingerprint density at radius 1 is 1.53 bits per heavy atom. The largest absolute Gasteiger partial charge is 0.359 e. The molecule has 1 aliphatic rings. The molecule has 17 heavy (non-hydrogen) atoms. The Bertz CT molecular complexity index is 301. The van der Waals surface area contributed by atoms with E-state index in [-0.39, 0.29) is 10.8 Å². The molecular formula is C12H24N2OS2. The molecule has 0 aromatic rings. The number of aliphatic imine (C=N–C) groups is 1. The van der Waals surface area contributed by atoms with Gasteiger partial charge >= 0.3 is 0 Å². The van der Waals surface area contributed by atoms with Crippen molar-refractivity contribution in [2.45, 2.75) is 50.8 Å². The van der Waals surface area contributed by atoms with Crippen LogP contribution in [-0.2, 0) is 10.8 Å². The van der Waals surface area contributed by atoms with E-state index < -0.39 is 10.8 Å². The fourth-order valence-electron chi connectivity index (χ4n) is 1.74. The van der Waals surface area contributed by atoms with E-state index in [0.29, 0.717) is 0 Å². The summed E-state index contributed by atoms with van der Waals surface area (Å²) in [5, 5.41) is 4.86. The average Bonchev–Trinajstić information content (AvgIpc) is 2.73. The van der Waals surface area contributed by atoms with Gasteiger partial charge in [-0.15, -0.1) is 0 Å². The Hall–Kier alpha value is -0.0300. The van der Waals surface area contributed by atoms with Gasteiger partial charge in [0.05, 0.1) is 0 Å². The molecule has 1 aliphatic heterocycles. The van der Waals surface area contributed by atoms with E-state index in [2.05, 4.69) is 24.2 Å². The second-order valence-corrected chi connectivity index (χ2v) is 7.45. The molecule has 0 saturated carbocycles. The lowest BCUT2D eigenvalue weighted by molar-refractivity contribution is 0.407. The highest BCUT2D eigenvalue weighted by molar-refractivity contribution is 8.14. The smallest absolute Gasteiger partial charge is 0.157 e. The van der Waals surface area contributed by atoms with Gasteiger partial charge in [0, 0.05) is 40.1 Å². The Labute approximate surface area is 112 Å². The molecular weight excluding hydrogens is 252 g/mol. The molecule has 100 valence electrons. The quantitative estimate of drug-likeness (QED) is 0.810. The standard InChI is InChI=1S/C12H24N2OS2/c1-5-12(6-2)9-16-11(14-12)13-8-7-10(3)17(4)15/h10H,5-9H2,1-4H3,(H,13,14). The Morgan fingerprint density at radius 3 is 2.65 bits per heavy atom. The van der Waals surface area contributed by atoms with E-state index in [1.54, 1.807) is 6.26 Å². The van der Waals surface area contributed by atoms with Gasteiger partial charge in [0.25, 0.3) is 0 Å². The second-order valence-electron chi connectivity index (χ2n) is 4.69. The summed E-state index contributed by atoms with van der Waals surface area (Å²) in [7, 11) is -0.728. The third-order valence-corrected chi connectivity index (χ3v) is 6.14. The van der Waals surface area contributed by atoms with Crippen LogP contribution in [0.2, 0.25) is 0 Å². The zero-order chi connectivity index (χ0) is 12.9. The Kier molecular flexibility index (Phi) is 6.00. The highest BCUT2D eigenvalue weighted by Crippen LogP contribution is 2.28. The molecule has 2 unspecified atom stereocenters. The maximum Gasteiger partial charge on any atom is 0.157 e. The first-order valence-corrected chi connectivity index (χ1v) is 8.91. The van der Waals surface area contributed by atoms with E-state index in [1.165, 1.54) is 0 Å². The van der Waals surface area contributed by atoms with Gasteiger partial charge in [-0.1, -0.05) is 32.5 Å². The number of nitrogens with one attached hydrogen (secondary N) is 1. The molecule has 3 nitrogen and oxygen atoms in total. The average molecular weight is 276 g/mol. The monoisotopic (exact) mass is 276 g/mol. The summed E-state index contributed by atoms with van der Waals surface area (Å²) in [6.45, 7) is 7.25. The lowest BCUT2D eigenvalue weighted by atomic mass is 9.96. The first-order chi connectivity index (χ1) is 8.03. The van der Waals surface area contributed by atoms with Crippen LogP contribution in [0.5, 0.6) is 0 Å². The Balaban J connectivity index is 2.40. The van der Waals surface area contributed by atoms with Crippen LogP contribution in [0.3, 0.4) is 0 Å². The van der Waals surface area contributed by atoms with Crippen molar-refractivity contribution < 1.29 is 4.21 Å². The SMILES string of the molecule is CCC1(CC)CSC(=NCCC(C)S(C)=O)N1. The van der Waals surface area contributed by atoms with E-state index in [9.17, 15) is 4.21 Å². The van der Waals surface area contributed by atoms with Gasteiger partial charge in [-0.25, -0.2) is 0 Å². The van der Waals surface area contributed by atoms with Crippen molar-refractivity contribution in [2.24, 2.45) is 4.99 Å². The van der Waals surface area contributed by atoms with Crippen LogP contribution in [0.15, 0.2) is 4.99 Å². The summed E-state index contributed by atoms with van der Waals surface area (Å²) in [4.78, 5) is 4.57. The lowest BCUT2D eigenvalue weighted by Gasteiger charge is -2.25. The Morgan fingerprint density at radius 2 is 2.18 bits per heavy atom. The summed E-state index contributed by atoms with van der Waals surface area (Å²) in [5.41, 5.74) is 0.253. The number of thioether (sulfide) groups is 1. The van der Waals surface area contributed by atoms with Crippen molar-refractivity contribution in [3.63, 3.8) is 0 Å². The molecule has 1 fully saturated rings.